The van der Waals surface area contributed by atoms with Crippen molar-refractivity contribution in [2.24, 2.45) is 5.84 Å². The molecule has 0 aliphatic heterocycles. The van der Waals surface area contributed by atoms with Gasteiger partial charge in [-0.15, -0.1) is 0 Å². The summed E-state index contributed by atoms with van der Waals surface area (Å²) < 4.78 is 30.0. The van der Waals surface area contributed by atoms with Crippen molar-refractivity contribution in [2.45, 2.75) is 4.90 Å². The first-order valence-corrected chi connectivity index (χ1v) is 4.53. The molecule has 0 atom stereocenters. The van der Waals surface area contributed by atoms with Crippen molar-refractivity contribution in [1.29, 1.82) is 0 Å². The number of rotatable bonds is 2. The average molecular weight is 188 g/mol. The number of nitrogens with one attached hydrogen (secondary N) is 1. The van der Waals surface area contributed by atoms with E-state index >= 15 is 0 Å². The number of nitrogen functional groups attached to an aromatic ring is 1. The van der Waals surface area contributed by atoms with Crippen LogP contribution < -0.4 is 11.3 Å². The van der Waals surface area contributed by atoms with Crippen LogP contribution >= 0.6 is 0 Å². The summed E-state index contributed by atoms with van der Waals surface area (Å²) in [6.45, 7) is 0. The molecule has 0 heterocycles. The molecular formula is C6H8N2O3S. The molecule has 0 radical (unpaired) electrons. The van der Waals surface area contributed by atoms with E-state index in [4.69, 9.17) is 10.4 Å². The molecule has 6 heteroatoms. The lowest BCUT2D eigenvalue weighted by Gasteiger charge is -2.03. The topological polar surface area (TPSA) is 92.4 Å². The van der Waals surface area contributed by atoms with Crippen LogP contribution in [0.4, 0.5) is 5.69 Å². The molecule has 0 aliphatic carbocycles. The molecule has 1 aromatic carbocycles. The Balaban J connectivity index is 3.33. The molecule has 0 aromatic heterocycles. The van der Waals surface area contributed by atoms with Gasteiger partial charge in [0.05, 0.1) is 5.69 Å². The van der Waals surface area contributed by atoms with E-state index in [1.807, 2.05) is 0 Å². The molecule has 1 aromatic rings. The molecule has 0 amide bonds. The molecule has 4 N–H and O–H groups in total. The van der Waals surface area contributed by atoms with Gasteiger partial charge < -0.3 is 5.43 Å². The lowest BCUT2D eigenvalue weighted by Crippen LogP contribution is -2.11. The lowest BCUT2D eigenvalue weighted by atomic mass is 10.3. The summed E-state index contributed by atoms with van der Waals surface area (Å²) in [7, 11) is -4.19. The maximum atomic E-state index is 10.7. The van der Waals surface area contributed by atoms with Crippen LogP contribution in [-0.4, -0.2) is 13.0 Å². The molecule has 66 valence electrons. The fraction of sp³-hybridized carbons (Fsp3) is 0. The van der Waals surface area contributed by atoms with Gasteiger partial charge in [0.2, 0.25) is 0 Å². The van der Waals surface area contributed by atoms with Crippen LogP contribution in [0, 0.1) is 0 Å². The second-order valence-electron chi connectivity index (χ2n) is 2.12. The van der Waals surface area contributed by atoms with Crippen molar-refractivity contribution in [3.63, 3.8) is 0 Å². The molecule has 0 fully saturated rings. The zero-order valence-electron chi connectivity index (χ0n) is 6.06. The molecule has 5 nitrogen and oxygen atoms in total. The monoisotopic (exact) mass is 188 g/mol. The first kappa shape index (κ1) is 8.98. The SMILES string of the molecule is NNc1ccccc1S(=O)(=O)O. The summed E-state index contributed by atoms with van der Waals surface area (Å²) in [6, 6.07) is 5.79. The number of para-hydroxylation sites is 1. The minimum atomic E-state index is -4.19. The van der Waals surface area contributed by atoms with Crippen LogP contribution in [0.25, 0.3) is 0 Å². The summed E-state index contributed by atoms with van der Waals surface area (Å²) in [5.74, 6) is 5.02. The number of benzene rings is 1. The van der Waals surface area contributed by atoms with Crippen LogP contribution in [0.5, 0.6) is 0 Å². The number of hydrogen-bond donors (Lipinski definition) is 3. The minimum Gasteiger partial charge on any atom is -0.323 e. The predicted octanol–water partition coefficient (Wildman–Crippen LogP) is 0.219. The Kier molecular flexibility index (Phi) is 2.32. The van der Waals surface area contributed by atoms with Gasteiger partial charge in [-0.3, -0.25) is 10.4 Å². The van der Waals surface area contributed by atoms with Gasteiger partial charge >= 0.3 is 0 Å². The van der Waals surface area contributed by atoms with E-state index in [1.165, 1.54) is 18.2 Å². The normalized spacial score (nSPS) is 11.2. The first-order chi connectivity index (χ1) is 5.55. The van der Waals surface area contributed by atoms with Gasteiger partial charge in [0, 0.05) is 0 Å². The van der Waals surface area contributed by atoms with Crippen LogP contribution in [0.3, 0.4) is 0 Å². The Labute approximate surface area is 69.9 Å². The van der Waals surface area contributed by atoms with E-state index in [-0.39, 0.29) is 10.6 Å². The Bertz CT molecular complexity index is 374. The number of hydrogen-bond acceptors (Lipinski definition) is 4. The highest BCUT2D eigenvalue weighted by Crippen LogP contribution is 2.18. The highest BCUT2D eigenvalue weighted by Gasteiger charge is 2.12. The van der Waals surface area contributed by atoms with Crippen molar-refractivity contribution in [1.82, 2.24) is 0 Å². The van der Waals surface area contributed by atoms with E-state index < -0.39 is 10.1 Å². The van der Waals surface area contributed by atoms with Gasteiger partial charge in [-0.1, -0.05) is 12.1 Å². The van der Waals surface area contributed by atoms with Gasteiger partial charge in [0.1, 0.15) is 4.90 Å². The predicted molar refractivity (Wildman–Crippen MR) is 44.1 cm³/mol. The maximum Gasteiger partial charge on any atom is 0.296 e. The highest BCUT2D eigenvalue weighted by atomic mass is 32.2. The molecular weight excluding hydrogens is 180 g/mol. The zero-order valence-corrected chi connectivity index (χ0v) is 6.88. The Hall–Kier alpha value is -1.11. The van der Waals surface area contributed by atoms with Crippen LogP contribution in [-0.2, 0) is 10.1 Å². The van der Waals surface area contributed by atoms with Crippen LogP contribution in [0.1, 0.15) is 0 Å². The average Bonchev–Trinajstić information content (AvgIpc) is 2.03. The van der Waals surface area contributed by atoms with Gasteiger partial charge in [0.25, 0.3) is 10.1 Å². The zero-order chi connectivity index (χ0) is 9.19. The van der Waals surface area contributed by atoms with Crippen molar-refractivity contribution in [3.05, 3.63) is 24.3 Å². The molecule has 0 unspecified atom stereocenters. The number of anilines is 1. The standard InChI is InChI=1S/C6H8N2O3S/c7-8-5-3-1-2-4-6(5)12(9,10)11/h1-4,8H,7H2,(H,9,10,11). The third-order valence-corrected chi connectivity index (χ3v) is 2.23. The third-order valence-electron chi connectivity index (χ3n) is 1.32. The van der Waals surface area contributed by atoms with Crippen molar-refractivity contribution in [3.8, 4) is 0 Å². The van der Waals surface area contributed by atoms with E-state index in [0.29, 0.717) is 0 Å². The summed E-state index contributed by atoms with van der Waals surface area (Å²) in [6.07, 6.45) is 0. The second-order valence-corrected chi connectivity index (χ2v) is 3.51. The van der Waals surface area contributed by atoms with E-state index in [0.717, 1.165) is 0 Å². The number of nitrogens with two attached hydrogens (primary N) is 1. The smallest absolute Gasteiger partial charge is 0.296 e. The van der Waals surface area contributed by atoms with Crippen LogP contribution in [0.2, 0.25) is 0 Å². The largest absolute Gasteiger partial charge is 0.323 e. The Morgan fingerprint density at radius 3 is 2.33 bits per heavy atom. The summed E-state index contributed by atoms with van der Waals surface area (Å²) >= 11 is 0. The minimum absolute atomic E-state index is 0.167. The van der Waals surface area contributed by atoms with Crippen molar-refractivity contribution >= 4 is 15.8 Å². The van der Waals surface area contributed by atoms with E-state index in [2.05, 4.69) is 5.43 Å². The quantitative estimate of drug-likeness (QED) is 0.350. The second kappa shape index (κ2) is 3.10. The molecule has 0 saturated carbocycles. The molecule has 0 saturated heterocycles. The summed E-state index contributed by atoms with van der Waals surface area (Å²) in [5, 5.41) is 0. The first-order valence-electron chi connectivity index (χ1n) is 3.09. The lowest BCUT2D eigenvalue weighted by molar-refractivity contribution is 0.483. The van der Waals surface area contributed by atoms with Gasteiger partial charge in [-0.25, -0.2) is 0 Å². The van der Waals surface area contributed by atoms with E-state index in [1.54, 1.807) is 6.07 Å². The molecule has 0 spiro atoms. The summed E-state index contributed by atoms with van der Waals surface area (Å²) in [5.41, 5.74) is 2.33. The fourth-order valence-corrected chi connectivity index (χ4v) is 1.47. The number of hydrazine groups is 1. The van der Waals surface area contributed by atoms with Crippen molar-refractivity contribution in [2.75, 3.05) is 5.43 Å². The molecule has 0 aliphatic rings. The van der Waals surface area contributed by atoms with Gasteiger partial charge in [0.15, 0.2) is 0 Å². The Morgan fingerprint density at radius 1 is 1.33 bits per heavy atom. The molecule has 1 rings (SSSR count). The third kappa shape index (κ3) is 1.73. The highest BCUT2D eigenvalue weighted by molar-refractivity contribution is 7.86. The maximum absolute atomic E-state index is 10.7. The van der Waals surface area contributed by atoms with Gasteiger partial charge in [-0.05, 0) is 12.1 Å². The van der Waals surface area contributed by atoms with Crippen LogP contribution in [0.15, 0.2) is 29.2 Å². The molecule has 12 heavy (non-hydrogen) atoms. The van der Waals surface area contributed by atoms with E-state index in [9.17, 15) is 8.42 Å². The fourth-order valence-electron chi connectivity index (χ4n) is 0.811. The van der Waals surface area contributed by atoms with Crippen molar-refractivity contribution < 1.29 is 13.0 Å². The Morgan fingerprint density at radius 2 is 1.92 bits per heavy atom. The van der Waals surface area contributed by atoms with Gasteiger partial charge in [-0.2, -0.15) is 8.42 Å². The summed E-state index contributed by atoms with van der Waals surface area (Å²) in [4.78, 5) is -0.229. The molecule has 0 bridgehead atoms.